The molecule has 3 aromatic carbocycles. The van der Waals surface area contributed by atoms with Gasteiger partial charge in [0, 0.05) is 18.1 Å². The Labute approximate surface area is 246 Å². The molecule has 1 fully saturated rings. The fourth-order valence-corrected chi connectivity index (χ4v) is 6.48. The molecule has 1 N–H and O–H groups in total. The first-order chi connectivity index (χ1) is 20.2. The van der Waals surface area contributed by atoms with Crippen LogP contribution >= 0.6 is 23.6 Å². The van der Waals surface area contributed by atoms with Crippen LogP contribution in [0.25, 0.3) is 15.3 Å². The van der Waals surface area contributed by atoms with Gasteiger partial charge < -0.3 is 19.7 Å². The predicted octanol–water partition coefficient (Wildman–Crippen LogP) is 7.46. The minimum absolute atomic E-state index is 0.165. The smallest absolute Gasteiger partial charge is 0.194 e. The highest BCUT2D eigenvalue weighted by Gasteiger charge is 2.42. The summed E-state index contributed by atoms with van der Waals surface area (Å²) in [6, 6.07) is 33.5. The molecular weight excluding hydrogens is 551 g/mol. The van der Waals surface area contributed by atoms with E-state index in [2.05, 4.69) is 39.2 Å². The molecule has 1 saturated heterocycles. The van der Waals surface area contributed by atoms with Gasteiger partial charge in [0.2, 0.25) is 0 Å². The summed E-state index contributed by atoms with van der Waals surface area (Å²) in [6.07, 6.45) is 3.88. The van der Waals surface area contributed by atoms with E-state index in [-0.39, 0.29) is 12.1 Å². The minimum Gasteiger partial charge on any atom is -0.497 e. The molecule has 0 radical (unpaired) electrons. The molecule has 6 aromatic rings. The summed E-state index contributed by atoms with van der Waals surface area (Å²) in [7, 11) is 1.65. The number of anilines is 1. The molecule has 2 atom stereocenters. The van der Waals surface area contributed by atoms with Crippen molar-refractivity contribution < 1.29 is 9.47 Å². The van der Waals surface area contributed by atoms with Gasteiger partial charge in [-0.2, -0.15) is 0 Å². The minimum atomic E-state index is -0.173. The van der Waals surface area contributed by atoms with Crippen molar-refractivity contribution in [2.45, 2.75) is 12.1 Å². The van der Waals surface area contributed by atoms with Gasteiger partial charge in [-0.15, -0.1) is 0 Å². The molecule has 9 heteroatoms. The van der Waals surface area contributed by atoms with Crippen LogP contribution in [0.1, 0.15) is 23.5 Å². The molecule has 0 saturated carbocycles. The lowest BCUT2D eigenvalue weighted by Crippen LogP contribution is -2.30. The number of aromatic nitrogens is 3. The molecule has 0 amide bonds. The summed E-state index contributed by atoms with van der Waals surface area (Å²) < 4.78 is 14.6. The van der Waals surface area contributed by atoms with E-state index in [0.29, 0.717) is 5.11 Å². The zero-order chi connectivity index (χ0) is 27.8. The Balaban J connectivity index is 1.26. The first-order valence-electron chi connectivity index (χ1n) is 13.1. The number of para-hydroxylation sites is 1. The molecule has 0 unspecified atom stereocenters. The van der Waals surface area contributed by atoms with Crippen LogP contribution in [0.5, 0.6) is 17.2 Å². The van der Waals surface area contributed by atoms with Crippen LogP contribution in [0.4, 0.5) is 5.69 Å². The highest BCUT2D eigenvalue weighted by molar-refractivity contribution is 7.80. The average molecular weight is 576 g/mol. The Hall–Kier alpha value is -4.73. The van der Waals surface area contributed by atoms with E-state index >= 15 is 0 Å². The summed E-state index contributed by atoms with van der Waals surface area (Å²) in [6.45, 7) is 0. The van der Waals surface area contributed by atoms with Crippen molar-refractivity contribution in [1.29, 1.82) is 0 Å². The predicted molar refractivity (Wildman–Crippen MR) is 166 cm³/mol. The fourth-order valence-electron chi connectivity index (χ4n) is 5.16. The van der Waals surface area contributed by atoms with Crippen molar-refractivity contribution in [3.8, 4) is 22.4 Å². The SMILES string of the molecule is COc1ccc(Oc2ccc(N3C(=S)N[C@@H](c4ccccn4)[C@@H]3c3cccn3-c3nc4ccccc4s3)cc2)cc1. The van der Waals surface area contributed by atoms with Crippen LogP contribution in [-0.2, 0) is 0 Å². The largest absolute Gasteiger partial charge is 0.497 e. The Morgan fingerprint density at radius 2 is 1.56 bits per heavy atom. The lowest BCUT2D eigenvalue weighted by molar-refractivity contribution is 0.413. The van der Waals surface area contributed by atoms with E-state index in [1.807, 2.05) is 91.1 Å². The summed E-state index contributed by atoms with van der Waals surface area (Å²) in [4.78, 5) is 11.8. The standard InChI is InChI=1S/C32H25N5O2S2/c1-38-22-15-17-24(18-16-22)39-23-13-11-21(12-14-23)37-30(29(35-31(37)40)26-8-4-5-19-33-26)27-9-6-20-36(27)32-34-25-7-2-3-10-28(25)41-32/h2-20,29-30H,1H3,(H,35,40)/t29-,30-/m0/s1. The van der Waals surface area contributed by atoms with E-state index in [0.717, 1.165) is 49.7 Å². The molecule has 0 spiro atoms. The monoisotopic (exact) mass is 575 g/mol. The third kappa shape index (κ3) is 4.79. The van der Waals surface area contributed by atoms with E-state index in [1.54, 1.807) is 18.4 Å². The maximum Gasteiger partial charge on any atom is 0.194 e. The number of nitrogens with one attached hydrogen (secondary N) is 1. The Kier molecular flexibility index (Phi) is 6.58. The van der Waals surface area contributed by atoms with Crippen molar-refractivity contribution in [1.82, 2.24) is 19.9 Å². The molecule has 41 heavy (non-hydrogen) atoms. The van der Waals surface area contributed by atoms with Gasteiger partial charge in [0.05, 0.1) is 34.8 Å². The number of thiazole rings is 1. The average Bonchev–Trinajstić information content (AvgIpc) is 3.75. The number of pyridine rings is 1. The molecule has 0 bridgehead atoms. The third-order valence-corrected chi connectivity index (χ3v) is 8.43. The number of fused-ring (bicyclic) bond motifs is 1. The van der Waals surface area contributed by atoms with Gasteiger partial charge >= 0.3 is 0 Å². The molecule has 7 rings (SSSR count). The Morgan fingerprint density at radius 1 is 0.829 bits per heavy atom. The van der Waals surface area contributed by atoms with Crippen molar-refractivity contribution in [2.75, 3.05) is 12.0 Å². The van der Waals surface area contributed by atoms with Gasteiger partial charge in [-0.25, -0.2) is 4.98 Å². The topological polar surface area (TPSA) is 64.4 Å². The molecule has 7 nitrogen and oxygen atoms in total. The quantitative estimate of drug-likeness (QED) is 0.198. The Bertz CT molecular complexity index is 1780. The van der Waals surface area contributed by atoms with Crippen LogP contribution in [0.2, 0.25) is 0 Å². The number of hydrogen-bond donors (Lipinski definition) is 1. The zero-order valence-electron chi connectivity index (χ0n) is 22.0. The summed E-state index contributed by atoms with van der Waals surface area (Å²) in [5.74, 6) is 2.25. The number of rotatable bonds is 7. The van der Waals surface area contributed by atoms with Gasteiger partial charge in [-0.1, -0.05) is 29.5 Å². The molecule has 0 aliphatic carbocycles. The van der Waals surface area contributed by atoms with E-state index in [4.69, 9.17) is 31.7 Å². The second kappa shape index (κ2) is 10.7. The van der Waals surface area contributed by atoms with Crippen LogP contribution in [-0.4, -0.2) is 26.8 Å². The number of thiocarbonyl (C=S) groups is 1. The van der Waals surface area contributed by atoms with Crippen molar-refractivity contribution >= 4 is 44.6 Å². The first-order valence-corrected chi connectivity index (χ1v) is 14.4. The maximum atomic E-state index is 6.07. The molecule has 4 heterocycles. The highest BCUT2D eigenvalue weighted by atomic mass is 32.1. The van der Waals surface area contributed by atoms with Gasteiger partial charge in [0.15, 0.2) is 10.2 Å². The van der Waals surface area contributed by atoms with Gasteiger partial charge in [0.25, 0.3) is 0 Å². The lowest BCUT2D eigenvalue weighted by atomic mass is 10.0. The maximum absolute atomic E-state index is 6.07. The van der Waals surface area contributed by atoms with E-state index < -0.39 is 0 Å². The lowest BCUT2D eigenvalue weighted by Gasteiger charge is -2.28. The summed E-state index contributed by atoms with van der Waals surface area (Å²) in [5, 5.41) is 5.09. The van der Waals surface area contributed by atoms with Crippen molar-refractivity contribution in [3.05, 3.63) is 127 Å². The molecule has 3 aromatic heterocycles. The van der Waals surface area contributed by atoms with Gasteiger partial charge in [0.1, 0.15) is 23.3 Å². The number of hydrogen-bond acceptors (Lipinski definition) is 6. The number of methoxy groups -OCH3 is 1. The highest BCUT2D eigenvalue weighted by Crippen LogP contribution is 2.43. The van der Waals surface area contributed by atoms with Crippen LogP contribution < -0.4 is 19.7 Å². The van der Waals surface area contributed by atoms with Crippen LogP contribution in [0.3, 0.4) is 0 Å². The second-order valence-electron chi connectivity index (χ2n) is 9.54. The molecule has 1 aliphatic heterocycles. The Morgan fingerprint density at radius 3 is 2.29 bits per heavy atom. The fraction of sp³-hybridized carbons (Fsp3) is 0.0938. The van der Waals surface area contributed by atoms with Gasteiger partial charge in [-0.05, 0) is 97.1 Å². The third-order valence-electron chi connectivity index (χ3n) is 7.08. The van der Waals surface area contributed by atoms with E-state index in [1.165, 1.54) is 0 Å². The number of nitrogens with zero attached hydrogens (tertiary/aromatic N) is 4. The van der Waals surface area contributed by atoms with Crippen molar-refractivity contribution in [2.24, 2.45) is 0 Å². The number of ether oxygens (including phenoxy) is 2. The normalized spacial score (nSPS) is 16.6. The number of benzene rings is 3. The molecule has 1 aliphatic rings. The van der Waals surface area contributed by atoms with Gasteiger partial charge in [-0.3, -0.25) is 9.55 Å². The van der Waals surface area contributed by atoms with Crippen molar-refractivity contribution in [3.63, 3.8) is 0 Å². The molecule has 202 valence electrons. The zero-order valence-corrected chi connectivity index (χ0v) is 23.7. The summed E-state index contributed by atoms with van der Waals surface area (Å²) in [5.41, 5.74) is 3.91. The summed E-state index contributed by atoms with van der Waals surface area (Å²) >= 11 is 7.61. The first kappa shape index (κ1) is 25.3. The van der Waals surface area contributed by atoms with E-state index in [9.17, 15) is 0 Å². The molecular formula is C32H25N5O2S2. The second-order valence-corrected chi connectivity index (χ2v) is 10.9. The van der Waals surface area contributed by atoms with Crippen LogP contribution in [0, 0.1) is 0 Å². The van der Waals surface area contributed by atoms with Crippen LogP contribution in [0.15, 0.2) is 116 Å².